The van der Waals surface area contributed by atoms with Gasteiger partial charge in [0.25, 0.3) is 5.91 Å². The summed E-state index contributed by atoms with van der Waals surface area (Å²) in [6, 6.07) is 15.8. The number of carbonyl (C=O) groups excluding carboxylic acids is 1. The fraction of sp³-hybridized carbons (Fsp3) is 0.227. The highest BCUT2D eigenvalue weighted by Crippen LogP contribution is 2.34. The number of benzene rings is 2. The van der Waals surface area contributed by atoms with Crippen LogP contribution in [-0.2, 0) is 6.61 Å². The van der Waals surface area contributed by atoms with Gasteiger partial charge in [-0.15, -0.1) is 0 Å². The number of anilines is 1. The summed E-state index contributed by atoms with van der Waals surface area (Å²) in [5.41, 5.74) is 1.77. The third kappa shape index (κ3) is 4.53. The first-order chi connectivity index (χ1) is 13.5. The minimum absolute atomic E-state index is 0.0274. The van der Waals surface area contributed by atoms with Crippen LogP contribution in [0.25, 0.3) is 11.3 Å². The van der Waals surface area contributed by atoms with E-state index in [1.165, 1.54) is 0 Å². The Morgan fingerprint density at radius 1 is 1.14 bits per heavy atom. The van der Waals surface area contributed by atoms with Gasteiger partial charge >= 0.3 is 0 Å². The van der Waals surface area contributed by atoms with Crippen molar-refractivity contribution in [3.63, 3.8) is 0 Å². The van der Waals surface area contributed by atoms with Crippen LogP contribution >= 0.6 is 0 Å². The Hall–Kier alpha value is -3.25. The van der Waals surface area contributed by atoms with Gasteiger partial charge in [-0.25, -0.2) is 0 Å². The number of hydrogen-bond acceptors (Lipinski definition) is 5. The van der Waals surface area contributed by atoms with Crippen molar-refractivity contribution < 1.29 is 23.8 Å². The number of aliphatic hydroxyl groups is 1. The summed E-state index contributed by atoms with van der Waals surface area (Å²) in [6.07, 6.45) is 0.0274. The molecule has 0 saturated carbocycles. The maximum absolute atomic E-state index is 12.7. The number of methoxy groups -OCH3 is 1. The number of hydrogen-bond donors (Lipinski definition) is 2. The molecule has 0 saturated heterocycles. The van der Waals surface area contributed by atoms with Gasteiger partial charge in [0.2, 0.25) is 0 Å². The van der Waals surface area contributed by atoms with E-state index >= 15 is 0 Å². The molecule has 3 rings (SSSR count). The van der Waals surface area contributed by atoms with Crippen LogP contribution in [0.2, 0.25) is 0 Å². The molecule has 0 aliphatic heterocycles. The Morgan fingerprint density at radius 3 is 2.64 bits per heavy atom. The summed E-state index contributed by atoms with van der Waals surface area (Å²) < 4.78 is 16.6. The van der Waals surface area contributed by atoms with Crippen molar-refractivity contribution in [3.8, 4) is 22.8 Å². The van der Waals surface area contributed by atoms with E-state index in [-0.39, 0.29) is 18.6 Å². The predicted octanol–water partition coefficient (Wildman–Crippen LogP) is 4.49. The number of amides is 1. The van der Waals surface area contributed by atoms with Gasteiger partial charge in [0.1, 0.15) is 29.6 Å². The maximum Gasteiger partial charge on any atom is 0.255 e. The van der Waals surface area contributed by atoms with E-state index in [1.54, 1.807) is 55.6 Å². The molecule has 3 aromatic rings. The molecule has 146 valence electrons. The largest absolute Gasteiger partial charge is 0.496 e. The van der Waals surface area contributed by atoms with Crippen molar-refractivity contribution in [3.05, 3.63) is 65.9 Å². The molecule has 1 amide bonds. The van der Waals surface area contributed by atoms with Gasteiger partial charge in [-0.3, -0.25) is 4.79 Å². The zero-order valence-electron chi connectivity index (χ0n) is 16.1. The number of carbonyl (C=O) groups is 1. The van der Waals surface area contributed by atoms with Gasteiger partial charge < -0.3 is 24.3 Å². The maximum atomic E-state index is 12.7. The molecule has 0 aliphatic carbocycles. The monoisotopic (exact) mass is 381 g/mol. The van der Waals surface area contributed by atoms with Crippen molar-refractivity contribution in [2.75, 3.05) is 12.4 Å². The third-order valence-corrected chi connectivity index (χ3v) is 4.01. The lowest BCUT2D eigenvalue weighted by Gasteiger charge is -2.12. The first kappa shape index (κ1) is 19.5. The fourth-order valence-corrected chi connectivity index (χ4v) is 2.77. The lowest BCUT2D eigenvalue weighted by Crippen LogP contribution is -2.13. The first-order valence-corrected chi connectivity index (χ1v) is 8.96. The molecule has 1 aromatic heterocycles. The van der Waals surface area contributed by atoms with Crippen LogP contribution in [0.1, 0.15) is 30.0 Å². The van der Waals surface area contributed by atoms with Crippen molar-refractivity contribution in [2.45, 2.75) is 26.6 Å². The fourth-order valence-electron chi connectivity index (χ4n) is 2.77. The van der Waals surface area contributed by atoms with E-state index in [9.17, 15) is 9.90 Å². The number of rotatable bonds is 7. The summed E-state index contributed by atoms with van der Waals surface area (Å²) >= 11 is 0. The minimum atomic E-state index is -0.249. The van der Waals surface area contributed by atoms with E-state index in [4.69, 9.17) is 13.9 Å². The minimum Gasteiger partial charge on any atom is -0.496 e. The molecule has 0 aliphatic rings. The van der Waals surface area contributed by atoms with Crippen LogP contribution in [0.5, 0.6) is 11.5 Å². The smallest absolute Gasteiger partial charge is 0.255 e. The Labute approximate surface area is 163 Å². The van der Waals surface area contributed by atoms with Gasteiger partial charge in [-0.2, -0.15) is 0 Å². The van der Waals surface area contributed by atoms with Crippen LogP contribution in [0.15, 0.2) is 59.0 Å². The molecule has 1 heterocycles. The van der Waals surface area contributed by atoms with Gasteiger partial charge in [0.05, 0.1) is 18.8 Å². The van der Waals surface area contributed by atoms with Gasteiger partial charge in [0.15, 0.2) is 0 Å². The second-order valence-corrected chi connectivity index (χ2v) is 6.49. The van der Waals surface area contributed by atoms with E-state index in [2.05, 4.69) is 5.32 Å². The van der Waals surface area contributed by atoms with Crippen molar-refractivity contribution in [1.82, 2.24) is 0 Å². The average molecular weight is 381 g/mol. The summed E-state index contributed by atoms with van der Waals surface area (Å²) in [5, 5.41) is 12.1. The predicted molar refractivity (Wildman–Crippen MR) is 107 cm³/mol. The van der Waals surface area contributed by atoms with Crippen LogP contribution < -0.4 is 14.8 Å². The summed E-state index contributed by atoms with van der Waals surface area (Å²) in [4.78, 5) is 12.7. The van der Waals surface area contributed by atoms with E-state index in [1.807, 2.05) is 19.9 Å². The highest BCUT2D eigenvalue weighted by atomic mass is 16.5. The van der Waals surface area contributed by atoms with E-state index in [0.29, 0.717) is 39.8 Å². The Bertz CT molecular complexity index is 961. The molecule has 0 spiro atoms. The van der Waals surface area contributed by atoms with Gasteiger partial charge in [-0.05, 0) is 62.4 Å². The number of aliphatic hydroxyl groups excluding tert-OH is 1. The van der Waals surface area contributed by atoms with Crippen LogP contribution in [0, 0.1) is 0 Å². The number of ether oxygens (including phenoxy) is 2. The SMILES string of the molecule is COc1ccc(NC(=O)c2cccc(OC(C)C)c2)cc1-c1ccc(CO)o1. The van der Waals surface area contributed by atoms with E-state index in [0.717, 1.165) is 0 Å². The molecule has 6 nitrogen and oxygen atoms in total. The molecule has 0 atom stereocenters. The molecular formula is C22H23NO5. The van der Waals surface area contributed by atoms with Crippen LogP contribution in [-0.4, -0.2) is 24.2 Å². The molecule has 28 heavy (non-hydrogen) atoms. The van der Waals surface area contributed by atoms with Crippen molar-refractivity contribution in [1.29, 1.82) is 0 Å². The molecular weight excluding hydrogens is 358 g/mol. The Kier molecular flexibility index (Phi) is 6.01. The molecule has 6 heteroatoms. The summed E-state index contributed by atoms with van der Waals surface area (Å²) in [6.45, 7) is 3.68. The topological polar surface area (TPSA) is 80.9 Å². The molecule has 0 fully saturated rings. The highest BCUT2D eigenvalue weighted by Gasteiger charge is 2.14. The van der Waals surface area contributed by atoms with Crippen molar-refractivity contribution in [2.24, 2.45) is 0 Å². The quantitative estimate of drug-likeness (QED) is 0.630. The summed E-state index contributed by atoms with van der Waals surface area (Å²) in [7, 11) is 1.56. The molecule has 0 unspecified atom stereocenters. The first-order valence-electron chi connectivity index (χ1n) is 8.96. The second kappa shape index (κ2) is 8.63. The van der Waals surface area contributed by atoms with Crippen molar-refractivity contribution >= 4 is 11.6 Å². The third-order valence-electron chi connectivity index (χ3n) is 4.01. The lowest BCUT2D eigenvalue weighted by molar-refractivity contribution is 0.102. The highest BCUT2D eigenvalue weighted by molar-refractivity contribution is 6.04. The second-order valence-electron chi connectivity index (χ2n) is 6.49. The number of nitrogens with one attached hydrogen (secondary N) is 1. The van der Waals surface area contributed by atoms with Gasteiger partial charge in [-0.1, -0.05) is 6.07 Å². The van der Waals surface area contributed by atoms with Crippen LogP contribution in [0.3, 0.4) is 0 Å². The Balaban J connectivity index is 1.84. The summed E-state index contributed by atoms with van der Waals surface area (Å²) in [5.74, 6) is 1.99. The van der Waals surface area contributed by atoms with Gasteiger partial charge in [0, 0.05) is 11.3 Å². The lowest BCUT2D eigenvalue weighted by atomic mass is 10.1. The van der Waals surface area contributed by atoms with E-state index < -0.39 is 0 Å². The molecule has 2 N–H and O–H groups in total. The normalized spacial score (nSPS) is 10.8. The average Bonchev–Trinajstić information content (AvgIpc) is 3.17. The Morgan fingerprint density at radius 2 is 1.96 bits per heavy atom. The molecule has 0 bridgehead atoms. The molecule has 0 radical (unpaired) electrons. The standard InChI is InChI=1S/C22H23NO5/c1-14(2)27-17-6-4-5-15(11-17)22(25)23-16-7-9-20(26-3)19(12-16)21-10-8-18(13-24)28-21/h4-12,14,24H,13H2,1-3H3,(H,23,25). The molecule has 2 aromatic carbocycles. The zero-order chi connectivity index (χ0) is 20.1. The zero-order valence-corrected chi connectivity index (χ0v) is 16.1. The number of furan rings is 1. The van der Waals surface area contributed by atoms with Crippen LogP contribution in [0.4, 0.5) is 5.69 Å².